The van der Waals surface area contributed by atoms with Gasteiger partial charge in [-0.15, -0.1) is 0 Å². The Kier molecular flexibility index (Phi) is 1.90. The minimum Gasteiger partial charge on any atom is -0.450 e. The van der Waals surface area contributed by atoms with Crippen LogP contribution < -0.4 is 0 Å². The van der Waals surface area contributed by atoms with Crippen molar-refractivity contribution >= 4 is 17.0 Å². The van der Waals surface area contributed by atoms with Crippen LogP contribution >= 0.6 is 11.6 Å². The highest BCUT2D eigenvalue weighted by Gasteiger charge is 2.38. The van der Waals surface area contributed by atoms with Crippen LogP contribution in [0.2, 0.25) is 0 Å². The highest BCUT2D eigenvalue weighted by Crippen LogP contribution is 2.41. The summed E-state index contributed by atoms with van der Waals surface area (Å²) >= 11 is 5.02. The fourth-order valence-electron chi connectivity index (χ4n) is 1.39. The zero-order valence-corrected chi connectivity index (χ0v) is 6.94. The van der Waals surface area contributed by atoms with Crippen LogP contribution in [0.5, 0.6) is 0 Å². The Balaban J connectivity index is 2.21. The van der Waals surface area contributed by atoms with Crippen LogP contribution in [0.4, 0.5) is 4.79 Å². The standard InChI is InChI=1S/C7H11ClO2/c1-7(2)3-5(4-7)10-6(8)9/h5H,3-4H2,1-2H3. The number of rotatable bonds is 1. The summed E-state index contributed by atoms with van der Waals surface area (Å²) in [5.74, 6) is 0. The first-order valence-corrected chi connectivity index (χ1v) is 3.73. The van der Waals surface area contributed by atoms with E-state index in [1.807, 2.05) is 0 Å². The van der Waals surface area contributed by atoms with Gasteiger partial charge in [0.05, 0.1) is 0 Å². The normalized spacial score (nSPS) is 23.5. The smallest absolute Gasteiger partial charge is 0.404 e. The van der Waals surface area contributed by atoms with Crippen molar-refractivity contribution in [1.82, 2.24) is 0 Å². The Morgan fingerprint density at radius 2 is 2.10 bits per heavy atom. The van der Waals surface area contributed by atoms with E-state index >= 15 is 0 Å². The molecule has 2 nitrogen and oxygen atoms in total. The van der Waals surface area contributed by atoms with Crippen LogP contribution in [0, 0.1) is 5.41 Å². The van der Waals surface area contributed by atoms with Crippen LogP contribution in [0.25, 0.3) is 0 Å². The molecular weight excluding hydrogens is 152 g/mol. The molecule has 10 heavy (non-hydrogen) atoms. The first-order chi connectivity index (χ1) is 4.49. The predicted molar refractivity (Wildman–Crippen MR) is 39.1 cm³/mol. The lowest BCUT2D eigenvalue weighted by atomic mass is 9.70. The van der Waals surface area contributed by atoms with E-state index in [2.05, 4.69) is 13.8 Å². The summed E-state index contributed by atoms with van der Waals surface area (Å²) in [5.41, 5.74) is -0.336. The van der Waals surface area contributed by atoms with E-state index in [0.29, 0.717) is 5.41 Å². The third kappa shape index (κ3) is 1.87. The van der Waals surface area contributed by atoms with Gasteiger partial charge >= 0.3 is 5.43 Å². The summed E-state index contributed by atoms with van der Waals surface area (Å²) in [7, 11) is 0. The average molecular weight is 163 g/mol. The van der Waals surface area contributed by atoms with E-state index in [9.17, 15) is 4.79 Å². The van der Waals surface area contributed by atoms with Gasteiger partial charge in [0.25, 0.3) is 0 Å². The molecule has 0 spiro atoms. The van der Waals surface area contributed by atoms with Crippen LogP contribution in [-0.4, -0.2) is 11.5 Å². The minimum absolute atomic E-state index is 0.0694. The molecule has 1 aliphatic carbocycles. The summed E-state index contributed by atoms with van der Waals surface area (Å²) in [4.78, 5) is 10.2. The molecule has 0 unspecified atom stereocenters. The largest absolute Gasteiger partial charge is 0.450 e. The lowest BCUT2D eigenvalue weighted by Gasteiger charge is -2.41. The van der Waals surface area contributed by atoms with Crippen molar-refractivity contribution < 1.29 is 9.53 Å². The number of hydrogen-bond donors (Lipinski definition) is 0. The average Bonchev–Trinajstić information content (AvgIpc) is 1.57. The molecule has 1 saturated carbocycles. The van der Waals surface area contributed by atoms with E-state index in [-0.39, 0.29) is 6.10 Å². The summed E-state index contributed by atoms with van der Waals surface area (Å²) in [5, 5.41) is 0. The monoisotopic (exact) mass is 162 g/mol. The molecule has 58 valence electrons. The molecule has 1 aliphatic rings. The van der Waals surface area contributed by atoms with E-state index in [4.69, 9.17) is 16.3 Å². The molecule has 0 radical (unpaired) electrons. The van der Waals surface area contributed by atoms with E-state index in [1.54, 1.807) is 0 Å². The summed E-state index contributed by atoms with van der Waals surface area (Å²) < 4.78 is 4.75. The third-order valence-corrected chi connectivity index (χ3v) is 1.91. The molecule has 1 fully saturated rings. The molecule has 0 heterocycles. The Hall–Kier alpha value is -0.240. The minimum atomic E-state index is -0.680. The second-order valence-electron chi connectivity index (χ2n) is 3.55. The zero-order chi connectivity index (χ0) is 7.78. The van der Waals surface area contributed by atoms with Gasteiger partial charge in [-0.05, 0) is 18.3 Å². The molecule has 0 N–H and O–H groups in total. The van der Waals surface area contributed by atoms with Gasteiger partial charge < -0.3 is 4.74 Å². The Labute approximate surface area is 65.5 Å². The van der Waals surface area contributed by atoms with Crippen molar-refractivity contribution in [3.8, 4) is 0 Å². The van der Waals surface area contributed by atoms with Crippen LogP contribution in [-0.2, 0) is 4.74 Å². The fraction of sp³-hybridized carbons (Fsp3) is 0.857. The highest BCUT2D eigenvalue weighted by atomic mass is 35.5. The molecule has 3 heteroatoms. The maximum absolute atomic E-state index is 10.2. The van der Waals surface area contributed by atoms with Crippen molar-refractivity contribution in [2.24, 2.45) is 5.41 Å². The number of carbonyl (C=O) groups is 1. The third-order valence-electron chi connectivity index (χ3n) is 1.82. The van der Waals surface area contributed by atoms with Gasteiger partial charge in [-0.3, -0.25) is 0 Å². The quantitative estimate of drug-likeness (QED) is 0.554. The molecule has 0 aromatic heterocycles. The number of ether oxygens (including phenoxy) is 1. The lowest BCUT2D eigenvalue weighted by Crippen LogP contribution is -2.38. The molecule has 1 rings (SSSR count). The zero-order valence-electron chi connectivity index (χ0n) is 6.19. The van der Waals surface area contributed by atoms with Crippen molar-refractivity contribution in [2.45, 2.75) is 32.8 Å². The highest BCUT2D eigenvalue weighted by molar-refractivity contribution is 6.61. The fourth-order valence-corrected chi connectivity index (χ4v) is 1.51. The van der Waals surface area contributed by atoms with Gasteiger partial charge in [0.2, 0.25) is 0 Å². The molecule has 0 saturated heterocycles. The topological polar surface area (TPSA) is 26.3 Å². The maximum atomic E-state index is 10.2. The van der Waals surface area contributed by atoms with Gasteiger partial charge in [0.1, 0.15) is 6.10 Å². The van der Waals surface area contributed by atoms with Crippen LogP contribution in [0.15, 0.2) is 0 Å². The Morgan fingerprint density at radius 1 is 1.60 bits per heavy atom. The van der Waals surface area contributed by atoms with Gasteiger partial charge in [-0.1, -0.05) is 13.8 Å². The lowest BCUT2D eigenvalue weighted by molar-refractivity contribution is -0.0127. The van der Waals surface area contributed by atoms with Gasteiger partial charge in [0.15, 0.2) is 0 Å². The summed E-state index contributed by atoms with van der Waals surface area (Å²) in [6.45, 7) is 4.29. The predicted octanol–water partition coefficient (Wildman–Crippen LogP) is 2.55. The van der Waals surface area contributed by atoms with Crippen LogP contribution in [0.1, 0.15) is 26.7 Å². The number of halogens is 1. The maximum Gasteiger partial charge on any atom is 0.404 e. The molecule has 0 aromatic rings. The van der Waals surface area contributed by atoms with Crippen molar-refractivity contribution in [3.63, 3.8) is 0 Å². The SMILES string of the molecule is CC1(C)CC(OC(=O)Cl)C1. The van der Waals surface area contributed by atoms with E-state index in [0.717, 1.165) is 12.8 Å². The summed E-state index contributed by atoms with van der Waals surface area (Å²) in [6, 6.07) is 0. The Morgan fingerprint density at radius 3 is 2.40 bits per heavy atom. The van der Waals surface area contributed by atoms with Crippen molar-refractivity contribution in [3.05, 3.63) is 0 Å². The van der Waals surface area contributed by atoms with E-state index < -0.39 is 5.43 Å². The first-order valence-electron chi connectivity index (χ1n) is 3.36. The van der Waals surface area contributed by atoms with E-state index in [1.165, 1.54) is 0 Å². The molecule has 0 aliphatic heterocycles. The molecule has 0 aromatic carbocycles. The first kappa shape index (κ1) is 7.86. The Bertz CT molecular complexity index is 146. The molecule has 0 atom stereocenters. The van der Waals surface area contributed by atoms with Gasteiger partial charge in [-0.25, -0.2) is 4.79 Å². The second kappa shape index (κ2) is 2.42. The van der Waals surface area contributed by atoms with Gasteiger partial charge in [0, 0.05) is 11.6 Å². The van der Waals surface area contributed by atoms with Crippen molar-refractivity contribution in [2.75, 3.05) is 0 Å². The number of carbonyl (C=O) groups excluding carboxylic acids is 1. The second-order valence-corrected chi connectivity index (χ2v) is 3.86. The van der Waals surface area contributed by atoms with Gasteiger partial charge in [-0.2, -0.15) is 0 Å². The van der Waals surface area contributed by atoms with Crippen molar-refractivity contribution in [1.29, 1.82) is 0 Å². The molecule has 0 bridgehead atoms. The number of hydrogen-bond acceptors (Lipinski definition) is 2. The van der Waals surface area contributed by atoms with Crippen LogP contribution in [0.3, 0.4) is 0 Å². The molecular formula is C7H11ClO2. The molecule has 0 amide bonds. The summed E-state index contributed by atoms with van der Waals surface area (Å²) in [6.07, 6.45) is 1.94.